The summed E-state index contributed by atoms with van der Waals surface area (Å²) in [6.45, 7) is 7.92. The van der Waals surface area contributed by atoms with Crippen LogP contribution in [0.5, 0.6) is 11.5 Å². The highest BCUT2D eigenvalue weighted by molar-refractivity contribution is 9.10. The molecule has 0 spiro atoms. The molecule has 2 aromatic carbocycles. The molecular formula is C23H25BrClN3O3. The topological polar surface area (TPSA) is 65.7 Å². The number of aromatic nitrogens is 2. The van der Waals surface area contributed by atoms with Crippen molar-refractivity contribution in [1.82, 2.24) is 9.66 Å². The van der Waals surface area contributed by atoms with E-state index in [9.17, 15) is 4.79 Å². The molecule has 1 aromatic heterocycles. The highest BCUT2D eigenvalue weighted by Crippen LogP contribution is 2.34. The highest BCUT2D eigenvalue weighted by atomic mass is 79.9. The lowest BCUT2D eigenvalue weighted by atomic mass is 10.1. The van der Waals surface area contributed by atoms with Crippen LogP contribution in [0.4, 0.5) is 0 Å². The van der Waals surface area contributed by atoms with E-state index in [0.29, 0.717) is 38.8 Å². The summed E-state index contributed by atoms with van der Waals surface area (Å²) in [5, 5.41) is 5.48. The van der Waals surface area contributed by atoms with E-state index in [4.69, 9.17) is 26.1 Å². The van der Waals surface area contributed by atoms with E-state index in [1.807, 2.05) is 39.8 Å². The van der Waals surface area contributed by atoms with Gasteiger partial charge in [-0.3, -0.25) is 4.79 Å². The van der Waals surface area contributed by atoms with Crippen LogP contribution in [0.1, 0.15) is 51.4 Å². The molecule has 0 unspecified atom stereocenters. The average Bonchev–Trinajstić information content (AvgIpc) is 2.73. The molecule has 0 fully saturated rings. The standard InChI is InChI=1S/C23H25BrClN3O3/c1-6-14(4)22-27-19-8-7-16(24)10-18(19)23(29)28(22)26-12-15-9-17(25)11-20(30-5)21(15)31-13(2)3/h7-14H,6H2,1-5H3/t14-/m0/s1. The largest absolute Gasteiger partial charge is 0.493 e. The number of methoxy groups -OCH3 is 1. The second-order valence-corrected chi connectivity index (χ2v) is 8.85. The Balaban J connectivity index is 2.22. The predicted molar refractivity (Wildman–Crippen MR) is 129 cm³/mol. The Morgan fingerprint density at radius 1 is 1.26 bits per heavy atom. The Bertz CT molecular complexity index is 1190. The fourth-order valence-electron chi connectivity index (χ4n) is 3.10. The lowest BCUT2D eigenvalue weighted by Gasteiger charge is -2.17. The number of fused-ring (bicyclic) bond motifs is 1. The number of rotatable bonds is 7. The van der Waals surface area contributed by atoms with Crippen LogP contribution in [-0.2, 0) is 0 Å². The van der Waals surface area contributed by atoms with Crippen LogP contribution in [0.2, 0.25) is 5.02 Å². The van der Waals surface area contributed by atoms with Crippen molar-refractivity contribution >= 4 is 44.6 Å². The van der Waals surface area contributed by atoms with Crippen LogP contribution >= 0.6 is 27.5 Å². The molecule has 0 aliphatic carbocycles. The first-order valence-electron chi connectivity index (χ1n) is 10.1. The van der Waals surface area contributed by atoms with Gasteiger partial charge in [0.2, 0.25) is 0 Å². The van der Waals surface area contributed by atoms with Crippen molar-refractivity contribution in [3.8, 4) is 11.5 Å². The normalized spacial score (nSPS) is 12.6. The average molecular weight is 507 g/mol. The second-order valence-electron chi connectivity index (χ2n) is 7.50. The molecule has 3 aromatic rings. The van der Waals surface area contributed by atoms with Crippen molar-refractivity contribution in [2.45, 2.75) is 46.1 Å². The molecule has 0 saturated heterocycles. The molecule has 3 rings (SSSR count). The third kappa shape index (κ3) is 5.10. The van der Waals surface area contributed by atoms with E-state index in [-0.39, 0.29) is 17.6 Å². The van der Waals surface area contributed by atoms with Crippen LogP contribution in [-0.4, -0.2) is 29.1 Å². The Labute approximate surface area is 195 Å². The Hall–Kier alpha value is -2.38. The zero-order valence-electron chi connectivity index (χ0n) is 18.1. The highest BCUT2D eigenvalue weighted by Gasteiger charge is 2.17. The maximum absolute atomic E-state index is 13.3. The molecule has 31 heavy (non-hydrogen) atoms. The SMILES string of the molecule is CC[C@H](C)c1nc2ccc(Br)cc2c(=O)n1N=Cc1cc(Cl)cc(OC)c1OC(C)C. The van der Waals surface area contributed by atoms with Gasteiger partial charge in [0.25, 0.3) is 5.56 Å². The van der Waals surface area contributed by atoms with Gasteiger partial charge in [-0.25, -0.2) is 4.98 Å². The van der Waals surface area contributed by atoms with Crippen molar-refractivity contribution in [1.29, 1.82) is 0 Å². The summed E-state index contributed by atoms with van der Waals surface area (Å²) in [5.74, 6) is 1.65. The van der Waals surface area contributed by atoms with Crippen LogP contribution in [0, 0.1) is 0 Å². The predicted octanol–water partition coefficient (Wildman–Crippen LogP) is 6.00. The maximum atomic E-state index is 13.3. The molecule has 0 saturated carbocycles. The minimum atomic E-state index is -0.238. The lowest BCUT2D eigenvalue weighted by Crippen LogP contribution is -2.23. The Morgan fingerprint density at radius 3 is 2.65 bits per heavy atom. The van der Waals surface area contributed by atoms with Crippen molar-refractivity contribution in [3.05, 3.63) is 61.6 Å². The lowest BCUT2D eigenvalue weighted by molar-refractivity contribution is 0.230. The Morgan fingerprint density at radius 2 is 2.00 bits per heavy atom. The minimum Gasteiger partial charge on any atom is -0.493 e. The Kier molecular flexibility index (Phi) is 7.38. The van der Waals surface area contributed by atoms with Crippen LogP contribution in [0.3, 0.4) is 0 Å². The summed E-state index contributed by atoms with van der Waals surface area (Å²) in [4.78, 5) is 18.0. The van der Waals surface area contributed by atoms with Crippen molar-refractivity contribution < 1.29 is 9.47 Å². The van der Waals surface area contributed by atoms with Crippen molar-refractivity contribution in [2.75, 3.05) is 7.11 Å². The third-order valence-electron chi connectivity index (χ3n) is 4.82. The zero-order chi connectivity index (χ0) is 22.7. The first-order chi connectivity index (χ1) is 14.7. The van der Waals surface area contributed by atoms with Gasteiger partial charge in [-0.15, -0.1) is 0 Å². The number of halogens is 2. The van der Waals surface area contributed by atoms with E-state index in [2.05, 4.69) is 21.0 Å². The second kappa shape index (κ2) is 9.83. The first kappa shape index (κ1) is 23.3. The summed E-state index contributed by atoms with van der Waals surface area (Å²) in [7, 11) is 1.55. The third-order valence-corrected chi connectivity index (χ3v) is 5.53. The molecule has 1 heterocycles. The molecule has 0 bridgehead atoms. The summed E-state index contributed by atoms with van der Waals surface area (Å²) in [6.07, 6.45) is 2.29. The molecule has 164 valence electrons. The minimum absolute atomic E-state index is 0.0400. The number of hydrogen-bond donors (Lipinski definition) is 0. The van der Waals surface area contributed by atoms with E-state index in [1.165, 1.54) is 4.68 Å². The molecule has 0 N–H and O–H groups in total. The summed E-state index contributed by atoms with van der Waals surface area (Å²) in [6, 6.07) is 8.87. The maximum Gasteiger partial charge on any atom is 0.282 e. The summed E-state index contributed by atoms with van der Waals surface area (Å²) < 4.78 is 13.5. The van der Waals surface area contributed by atoms with Crippen LogP contribution in [0.15, 0.2) is 44.7 Å². The van der Waals surface area contributed by atoms with E-state index in [0.717, 1.165) is 10.9 Å². The van der Waals surface area contributed by atoms with E-state index < -0.39 is 0 Å². The van der Waals surface area contributed by atoms with E-state index in [1.54, 1.807) is 31.5 Å². The molecular weight excluding hydrogens is 482 g/mol. The van der Waals surface area contributed by atoms with E-state index >= 15 is 0 Å². The quantitative estimate of drug-likeness (QED) is 0.368. The van der Waals surface area contributed by atoms with Crippen molar-refractivity contribution in [3.63, 3.8) is 0 Å². The van der Waals surface area contributed by atoms with Crippen LogP contribution in [0.25, 0.3) is 10.9 Å². The first-order valence-corrected chi connectivity index (χ1v) is 11.2. The summed E-state index contributed by atoms with van der Waals surface area (Å²) >= 11 is 9.69. The molecule has 8 heteroatoms. The molecule has 0 aliphatic heterocycles. The van der Waals surface area contributed by atoms with Gasteiger partial charge in [-0.1, -0.05) is 41.4 Å². The number of ether oxygens (including phenoxy) is 2. The molecule has 1 atom stereocenters. The van der Waals surface area contributed by atoms with Gasteiger partial charge in [0, 0.05) is 27.0 Å². The molecule has 0 radical (unpaired) electrons. The monoisotopic (exact) mass is 505 g/mol. The fourth-order valence-corrected chi connectivity index (χ4v) is 3.67. The van der Waals surface area contributed by atoms with Gasteiger partial charge < -0.3 is 9.47 Å². The van der Waals surface area contributed by atoms with Gasteiger partial charge in [0.1, 0.15) is 5.82 Å². The van der Waals surface area contributed by atoms with Gasteiger partial charge in [-0.05, 0) is 44.5 Å². The molecule has 6 nitrogen and oxygen atoms in total. The smallest absolute Gasteiger partial charge is 0.282 e. The van der Waals surface area contributed by atoms with Gasteiger partial charge in [0.15, 0.2) is 11.5 Å². The molecule has 0 amide bonds. The number of nitrogens with zero attached hydrogens (tertiary/aromatic N) is 3. The summed E-state index contributed by atoms with van der Waals surface area (Å²) in [5.41, 5.74) is 1.01. The zero-order valence-corrected chi connectivity index (χ0v) is 20.5. The number of hydrogen-bond acceptors (Lipinski definition) is 5. The van der Waals surface area contributed by atoms with Gasteiger partial charge >= 0.3 is 0 Å². The van der Waals surface area contributed by atoms with Gasteiger partial charge in [-0.2, -0.15) is 9.78 Å². The molecule has 0 aliphatic rings. The van der Waals surface area contributed by atoms with Crippen molar-refractivity contribution in [2.24, 2.45) is 5.10 Å². The van der Waals surface area contributed by atoms with Gasteiger partial charge in [0.05, 0.1) is 30.3 Å². The fraction of sp³-hybridized carbons (Fsp3) is 0.348. The number of benzene rings is 2. The van der Waals surface area contributed by atoms with Crippen LogP contribution < -0.4 is 15.0 Å².